The van der Waals surface area contributed by atoms with Gasteiger partial charge < -0.3 is 5.32 Å². The Morgan fingerprint density at radius 3 is 2.70 bits per heavy atom. The van der Waals surface area contributed by atoms with Crippen molar-refractivity contribution < 1.29 is 4.79 Å². The monoisotopic (exact) mass is 367 g/mol. The zero-order valence-electron chi connectivity index (χ0n) is 16.1. The molecular formula is C19H25N7O. The van der Waals surface area contributed by atoms with Crippen LogP contribution < -0.4 is 10.6 Å². The van der Waals surface area contributed by atoms with Gasteiger partial charge in [-0.05, 0) is 44.9 Å². The van der Waals surface area contributed by atoms with Gasteiger partial charge in [0.25, 0.3) is 0 Å². The molecule has 3 rings (SSSR count). The van der Waals surface area contributed by atoms with E-state index in [4.69, 9.17) is 0 Å². The van der Waals surface area contributed by atoms with Crippen LogP contribution in [0.3, 0.4) is 0 Å². The van der Waals surface area contributed by atoms with Crippen molar-refractivity contribution in [2.45, 2.75) is 39.8 Å². The lowest BCUT2D eigenvalue weighted by atomic mass is 10.1. The predicted molar refractivity (Wildman–Crippen MR) is 104 cm³/mol. The number of hydrogen-bond donors (Lipinski definition) is 2. The number of anilines is 1. The highest BCUT2D eigenvalue weighted by Gasteiger charge is 2.15. The highest BCUT2D eigenvalue weighted by Crippen LogP contribution is 2.14. The van der Waals surface area contributed by atoms with Crippen LogP contribution in [0.2, 0.25) is 0 Å². The van der Waals surface area contributed by atoms with Crippen molar-refractivity contribution in [1.29, 1.82) is 0 Å². The molecule has 0 aliphatic carbocycles. The highest BCUT2D eigenvalue weighted by molar-refractivity contribution is 5.88. The second-order valence-electron chi connectivity index (χ2n) is 6.67. The molecule has 0 spiro atoms. The second-order valence-corrected chi connectivity index (χ2v) is 6.67. The van der Waals surface area contributed by atoms with Crippen LogP contribution in [0.25, 0.3) is 0 Å². The lowest BCUT2D eigenvalue weighted by molar-refractivity contribution is 0.249. The van der Waals surface area contributed by atoms with Crippen molar-refractivity contribution in [3.63, 3.8) is 0 Å². The topological polar surface area (TPSA) is 89.7 Å². The maximum absolute atomic E-state index is 12.4. The van der Waals surface area contributed by atoms with Gasteiger partial charge in [0.05, 0.1) is 24.1 Å². The molecule has 8 nitrogen and oxygen atoms in total. The summed E-state index contributed by atoms with van der Waals surface area (Å²) in [7, 11) is 1.93. The summed E-state index contributed by atoms with van der Waals surface area (Å²) >= 11 is 0. The number of amides is 2. The van der Waals surface area contributed by atoms with E-state index in [0.29, 0.717) is 12.4 Å². The molecule has 0 fully saturated rings. The maximum atomic E-state index is 12.4. The van der Waals surface area contributed by atoms with E-state index < -0.39 is 0 Å². The summed E-state index contributed by atoms with van der Waals surface area (Å²) in [6, 6.07) is 7.19. The van der Waals surface area contributed by atoms with E-state index in [1.165, 1.54) is 5.56 Å². The van der Waals surface area contributed by atoms with Crippen LogP contribution in [0.1, 0.15) is 29.6 Å². The number of carbonyl (C=O) groups is 1. The lowest BCUT2D eigenvalue weighted by Gasteiger charge is -2.15. The van der Waals surface area contributed by atoms with Gasteiger partial charge in [-0.15, -0.1) is 0 Å². The molecule has 27 heavy (non-hydrogen) atoms. The molecule has 0 aliphatic heterocycles. The molecule has 0 bridgehead atoms. The summed E-state index contributed by atoms with van der Waals surface area (Å²) in [5, 5.41) is 14.5. The minimum absolute atomic E-state index is 0.0289. The van der Waals surface area contributed by atoms with E-state index in [1.807, 2.05) is 50.7 Å². The number of aryl methyl sites for hydroxylation is 2. The van der Waals surface area contributed by atoms with E-state index in [0.717, 1.165) is 23.5 Å². The number of urea groups is 1. The fourth-order valence-corrected chi connectivity index (χ4v) is 3.06. The van der Waals surface area contributed by atoms with Crippen LogP contribution in [0, 0.1) is 13.8 Å². The zero-order valence-corrected chi connectivity index (χ0v) is 16.1. The molecule has 3 aromatic heterocycles. The maximum Gasteiger partial charge on any atom is 0.320 e. The summed E-state index contributed by atoms with van der Waals surface area (Å²) in [6.07, 6.45) is 4.12. The molecule has 142 valence electrons. The van der Waals surface area contributed by atoms with Crippen LogP contribution >= 0.6 is 0 Å². The van der Waals surface area contributed by atoms with Crippen molar-refractivity contribution >= 4 is 11.8 Å². The van der Waals surface area contributed by atoms with Gasteiger partial charge in [0.15, 0.2) is 0 Å². The van der Waals surface area contributed by atoms with E-state index in [9.17, 15) is 4.79 Å². The average Bonchev–Trinajstić information content (AvgIpc) is 3.15. The third-order valence-corrected chi connectivity index (χ3v) is 4.54. The Balaban J connectivity index is 1.59. The fraction of sp³-hybridized carbons (Fsp3) is 0.368. The van der Waals surface area contributed by atoms with Crippen LogP contribution in [0.5, 0.6) is 0 Å². The molecule has 0 saturated carbocycles. The Morgan fingerprint density at radius 1 is 1.22 bits per heavy atom. The van der Waals surface area contributed by atoms with E-state index in [1.54, 1.807) is 23.1 Å². The molecule has 0 aliphatic rings. The number of rotatable bonds is 6. The van der Waals surface area contributed by atoms with Crippen molar-refractivity contribution in [3.8, 4) is 0 Å². The van der Waals surface area contributed by atoms with Gasteiger partial charge in [0.2, 0.25) is 0 Å². The molecule has 0 unspecified atom stereocenters. The largest absolute Gasteiger partial charge is 0.335 e. The van der Waals surface area contributed by atoms with Gasteiger partial charge >= 0.3 is 6.03 Å². The van der Waals surface area contributed by atoms with Crippen LogP contribution in [0.4, 0.5) is 10.6 Å². The van der Waals surface area contributed by atoms with Gasteiger partial charge in [0.1, 0.15) is 5.82 Å². The number of carbonyl (C=O) groups excluding carboxylic acids is 1. The molecule has 2 amide bonds. The van der Waals surface area contributed by atoms with Crippen molar-refractivity contribution in [2.75, 3.05) is 5.32 Å². The molecule has 3 aromatic rings. The normalized spacial score (nSPS) is 12.0. The molecule has 0 aromatic carbocycles. The summed E-state index contributed by atoms with van der Waals surface area (Å²) in [4.78, 5) is 16.7. The summed E-state index contributed by atoms with van der Waals surface area (Å²) < 4.78 is 3.58. The zero-order chi connectivity index (χ0) is 19.4. The number of nitrogens with one attached hydrogen (secondary N) is 2. The van der Waals surface area contributed by atoms with E-state index in [-0.39, 0.29) is 12.1 Å². The quantitative estimate of drug-likeness (QED) is 0.700. The first kappa shape index (κ1) is 18.6. The molecule has 8 heteroatoms. The molecule has 0 saturated heterocycles. The van der Waals surface area contributed by atoms with Crippen molar-refractivity contribution in [2.24, 2.45) is 7.05 Å². The number of nitrogens with zero attached hydrogens (tertiary/aromatic N) is 5. The minimum Gasteiger partial charge on any atom is -0.335 e. The number of hydrogen-bond acceptors (Lipinski definition) is 4. The molecule has 0 radical (unpaired) electrons. The summed E-state index contributed by atoms with van der Waals surface area (Å²) in [5.41, 5.74) is 4.17. The lowest BCUT2D eigenvalue weighted by Crippen LogP contribution is -2.38. The standard InChI is InChI=1S/C19H25N7O/c1-13(11-17-14(2)24-25(4)15(17)3)22-19(27)23-18-8-10-21-26(18)12-16-7-5-6-9-20-16/h5-10,13H,11-12H2,1-4H3,(H2,22,23,27)/t13-/m1/s1. The van der Waals surface area contributed by atoms with Gasteiger partial charge in [-0.2, -0.15) is 10.2 Å². The number of pyridine rings is 1. The number of aromatic nitrogens is 5. The first-order valence-electron chi connectivity index (χ1n) is 8.92. The van der Waals surface area contributed by atoms with E-state index >= 15 is 0 Å². The van der Waals surface area contributed by atoms with E-state index in [2.05, 4.69) is 25.8 Å². The Bertz CT molecular complexity index is 914. The average molecular weight is 367 g/mol. The van der Waals surface area contributed by atoms with Crippen molar-refractivity contribution in [3.05, 3.63) is 59.3 Å². The Kier molecular flexibility index (Phi) is 5.54. The Labute approximate surface area is 158 Å². The van der Waals surface area contributed by atoms with Crippen LogP contribution in [-0.4, -0.2) is 36.6 Å². The van der Waals surface area contributed by atoms with Gasteiger partial charge in [-0.3, -0.25) is 15.0 Å². The van der Waals surface area contributed by atoms with Gasteiger partial charge in [-0.25, -0.2) is 9.48 Å². The SMILES string of the molecule is Cc1nn(C)c(C)c1C[C@@H](C)NC(=O)Nc1ccnn1Cc1ccccn1. The Hall–Kier alpha value is -3.16. The fourth-order valence-electron chi connectivity index (χ4n) is 3.06. The Morgan fingerprint density at radius 2 is 2.04 bits per heavy atom. The summed E-state index contributed by atoms with van der Waals surface area (Å²) in [5.74, 6) is 0.624. The second kappa shape index (κ2) is 8.03. The van der Waals surface area contributed by atoms with Crippen LogP contribution in [0.15, 0.2) is 36.7 Å². The first-order chi connectivity index (χ1) is 12.9. The van der Waals surface area contributed by atoms with Gasteiger partial charge in [-0.1, -0.05) is 6.07 Å². The molecule has 3 heterocycles. The summed E-state index contributed by atoms with van der Waals surface area (Å²) in [6.45, 7) is 6.51. The molecule has 2 N–H and O–H groups in total. The molecular weight excluding hydrogens is 342 g/mol. The van der Waals surface area contributed by atoms with Crippen molar-refractivity contribution in [1.82, 2.24) is 29.9 Å². The van der Waals surface area contributed by atoms with Gasteiger partial charge in [0, 0.05) is 31.0 Å². The predicted octanol–water partition coefficient (Wildman–Crippen LogP) is 2.43. The third kappa shape index (κ3) is 4.52. The highest BCUT2D eigenvalue weighted by atomic mass is 16.2. The smallest absolute Gasteiger partial charge is 0.320 e. The first-order valence-corrected chi connectivity index (χ1v) is 8.92. The van der Waals surface area contributed by atoms with Crippen LogP contribution in [-0.2, 0) is 20.0 Å². The molecule has 1 atom stereocenters. The minimum atomic E-state index is -0.260. The third-order valence-electron chi connectivity index (χ3n) is 4.54.